The minimum absolute atomic E-state index is 0.157. The van der Waals surface area contributed by atoms with Crippen molar-refractivity contribution in [3.8, 4) is 0 Å². The molecule has 1 aromatic heterocycles. The zero-order valence-corrected chi connectivity index (χ0v) is 10.5. The number of hydrogen-bond donors (Lipinski definition) is 5. The third-order valence-corrected chi connectivity index (χ3v) is 5.27. The summed E-state index contributed by atoms with van der Waals surface area (Å²) in [4.78, 5) is 39.4. The number of aryl methyl sites for hydroxylation is 1. The number of nitrogens with zero attached hydrogens (tertiary/aromatic N) is 1. The van der Waals surface area contributed by atoms with Crippen molar-refractivity contribution >= 4 is 20.9 Å². The first-order valence-electron chi connectivity index (χ1n) is 4.41. The van der Waals surface area contributed by atoms with E-state index in [1.165, 1.54) is 18.3 Å². The van der Waals surface area contributed by atoms with E-state index in [4.69, 9.17) is 19.6 Å². The van der Waals surface area contributed by atoms with Crippen molar-refractivity contribution in [3.05, 3.63) is 24.0 Å². The highest BCUT2D eigenvalue weighted by molar-refractivity contribution is 7.71. The minimum atomic E-state index is -4.98. The largest absolute Gasteiger partial charge is 0.360 e. The van der Waals surface area contributed by atoms with Crippen molar-refractivity contribution in [3.63, 3.8) is 0 Å². The maximum atomic E-state index is 11.0. The molecule has 1 rings (SSSR count). The van der Waals surface area contributed by atoms with Crippen molar-refractivity contribution in [2.45, 2.75) is 12.4 Å². The van der Waals surface area contributed by atoms with Gasteiger partial charge in [-0.05, 0) is 19.1 Å². The molecule has 0 aliphatic heterocycles. The molecule has 0 saturated carbocycles. The fourth-order valence-electron chi connectivity index (χ4n) is 1.14. The Bertz CT molecular complexity index is 473. The molecule has 0 unspecified atom stereocenters. The molecule has 1 aromatic rings. The molecule has 0 spiro atoms. The van der Waals surface area contributed by atoms with Gasteiger partial charge in [0.25, 0.3) is 0 Å². The fourth-order valence-corrected chi connectivity index (χ4v) is 3.32. The Morgan fingerprint density at radius 2 is 1.76 bits per heavy atom. The number of pyridine rings is 1. The van der Waals surface area contributed by atoms with E-state index in [0.717, 1.165) is 0 Å². The zero-order chi connectivity index (χ0) is 13.3. The van der Waals surface area contributed by atoms with Crippen molar-refractivity contribution in [2.24, 2.45) is 0 Å². The van der Waals surface area contributed by atoms with Gasteiger partial charge < -0.3 is 24.9 Å². The lowest BCUT2D eigenvalue weighted by Gasteiger charge is -2.22. The Kier molecular flexibility index (Phi) is 4.09. The average Bonchev–Trinajstić information content (AvgIpc) is 2.12. The molecule has 0 radical (unpaired) electrons. The average molecular weight is 282 g/mol. The minimum Gasteiger partial charge on any atom is -0.360 e. The lowest BCUT2D eigenvalue weighted by molar-refractivity contribution is 0.343. The number of aromatic nitrogens is 1. The van der Waals surface area contributed by atoms with Gasteiger partial charge >= 0.3 is 15.2 Å². The van der Waals surface area contributed by atoms with Gasteiger partial charge in [0.1, 0.15) is 0 Å². The molecular weight excluding hydrogens is 270 g/mol. The van der Waals surface area contributed by atoms with Gasteiger partial charge in [-0.3, -0.25) is 14.1 Å². The third kappa shape index (κ3) is 3.89. The van der Waals surface area contributed by atoms with E-state index in [1.807, 2.05) is 0 Å². The van der Waals surface area contributed by atoms with E-state index in [1.54, 1.807) is 6.92 Å². The summed E-state index contributed by atoms with van der Waals surface area (Å²) in [6, 6.07) is 2.90. The summed E-state index contributed by atoms with van der Waals surface area (Å²) in [5.74, 6) is 0. The van der Waals surface area contributed by atoms with Crippen LogP contribution in [-0.2, 0) is 9.13 Å². The van der Waals surface area contributed by atoms with Crippen LogP contribution in [0.5, 0.6) is 0 Å². The highest BCUT2D eigenvalue weighted by Gasteiger charge is 2.43. The van der Waals surface area contributed by atoms with E-state index < -0.39 is 20.7 Å². The van der Waals surface area contributed by atoms with Crippen LogP contribution in [0.1, 0.15) is 5.69 Å². The van der Waals surface area contributed by atoms with E-state index in [2.05, 4.69) is 10.3 Å². The summed E-state index contributed by atoms with van der Waals surface area (Å²) >= 11 is 0. The molecule has 0 aliphatic rings. The molecule has 0 aliphatic carbocycles. The molecule has 5 N–H and O–H groups in total. The standard InChI is InChI=1S/C7H12N2O6P2/c1-5-6(3-2-4-8-5)9-7(16(10,11)12)17(13,14)15/h2-4,7,9H,1H3,(H2,10,11,12)(H2,13,14,15). The lowest BCUT2D eigenvalue weighted by Crippen LogP contribution is -2.20. The highest BCUT2D eigenvalue weighted by atomic mass is 31.2. The maximum absolute atomic E-state index is 11.0. The SMILES string of the molecule is Cc1ncccc1NC(P(=O)(O)O)P(=O)(O)O. The van der Waals surface area contributed by atoms with Crippen LogP contribution in [0.15, 0.2) is 18.3 Å². The third-order valence-electron chi connectivity index (χ3n) is 1.93. The van der Waals surface area contributed by atoms with Gasteiger partial charge in [0.05, 0.1) is 11.4 Å². The summed E-state index contributed by atoms with van der Waals surface area (Å²) in [7, 11) is -9.97. The van der Waals surface area contributed by atoms with Gasteiger partial charge in [0.15, 0.2) is 0 Å². The van der Waals surface area contributed by atoms with Gasteiger partial charge in [-0.25, -0.2) is 0 Å². The van der Waals surface area contributed by atoms with Crippen LogP contribution in [0.2, 0.25) is 0 Å². The molecule has 96 valence electrons. The molecule has 17 heavy (non-hydrogen) atoms. The molecule has 1 heterocycles. The summed E-state index contributed by atoms with van der Waals surface area (Å²) in [6.07, 6.45) is 1.45. The van der Waals surface area contributed by atoms with E-state index >= 15 is 0 Å². The van der Waals surface area contributed by atoms with Crippen molar-refractivity contribution in [2.75, 3.05) is 5.32 Å². The molecule has 0 saturated heterocycles. The second kappa shape index (κ2) is 4.86. The predicted octanol–water partition coefficient (Wildman–Crippen LogP) is 0.441. The molecule has 8 nitrogen and oxygen atoms in total. The number of anilines is 1. The van der Waals surface area contributed by atoms with Crippen molar-refractivity contribution in [1.82, 2.24) is 4.98 Å². The first-order valence-corrected chi connectivity index (χ1v) is 7.77. The number of rotatable bonds is 4. The molecule has 0 aromatic carbocycles. The number of hydrogen-bond acceptors (Lipinski definition) is 4. The Hall–Kier alpha value is -0.750. The van der Waals surface area contributed by atoms with Gasteiger partial charge in [0, 0.05) is 6.20 Å². The molecule has 10 heteroatoms. The zero-order valence-electron chi connectivity index (χ0n) is 8.76. The molecule has 0 bridgehead atoms. The number of nitrogens with one attached hydrogen (secondary N) is 1. The van der Waals surface area contributed by atoms with Crippen molar-refractivity contribution < 1.29 is 28.7 Å². The van der Waals surface area contributed by atoms with Crippen molar-refractivity contribution in [1.29, 1.82) is 0 Å². The monoisotopic (exact) mass is 282 g/mol. The van der Waals surface area contributed by atoms with E-state index in [9.17, 15) is 9.13 Å². The van der Waals surface area contributed by atoms with Gasteiger partial charge in [-0.15, -0.1) is 0 Å². The summed E-state index contributed by atoms with van der Waals surface area (Å²) in [5, 5.41) is 2.14. The van der Waals surface area contributed by atoms with Crippen LogP contribution in [0.4, 0.5) is 5.69 Å². The van der Waals surface area contributed by atoms with E-state index in [0.29, 0.717) is 5.69 Å². The molecule has 0 fully saturated rings. The van der Waals surface area contributed by atoms with Crippen LogP contribution in [0, 0.1) is 6.92 Å². The highest BCUT2D eigenvalue weighted by Crippen LogP contribution is 2.59. The summed E-state index contributed by atoms with van der Waals surface area (Å²) in [6.45, 7) is 1.54. The maximum Gasteiger partial charge on any atom is 0.360 e. The smallest absolute Gasteiger partial charge is 0.360 e. The topological polar surface area (TPSA) is 140 Å². The van der Waals surface area contributed by atoms with Crippen LogP contribution in [0.3, 0.4) is 0 Å². The normalized spacial score (nSPS) is 12.8. The molecular formula is C7H12N2O6P2. The first kappa shape index (κ1) is 14.3. The van der Waals surface area contributed by atoms with Crippen LogP contribution in [-0.4, -0.2) is 30.1 Å². The van der Waals surface area contributed by atoms with Crippen LogP contribution < -0.4 is 5.32 Å². The Morgan fingerprint density at radius 1 is 1.24 bits per heavy atom. The van der Waals surface area contributed by atoms with Gasteiger partial charge in [-0.2, -0.15) is 0 Å². The Morgan fingerprint density at radius 3 is 2.18 bits per heavy atom. The first-order chi connectivity index (χ1) is 7.62. The van der Waals surface area contributed by atoms with Crippen LogP contribution >= 0.6 is 15.2 Å². The molecule has 0 atom stereocenters. The van der Waals surface area contributed by atoms with Gasteiger partial charge in [0.2, 0.25) is 5.52 Å². The van der Waals surface area contributed by atoms with Crippen LogP contribution in [0.25, 0.3) is 0 Å². The quantitative estimate of drug-likeness (QED) is 0.501. The van der Waals surface area contributed by atoms with Gasteiger partial charge in [-0.1, -0.05) is 0 Å². The Labute approximate surface area is 97.0 Å². The lowest BCUT2D eigenvalue weighted by atomic mass is 10.3. The summed E-state index contributed by atoms with van der Waals surface area (Å²) < 4.78 is 22.0. The second-order valence-corrected chi connectivity index (χ2v) is 7.13. The predicted molar refractivity (Wildman–Crippen MR) is 60.5 cm³/mol. The second-order valence-electron chi connectivity index (χ2n) is 3.33. The summed E-state index contributed by atoms with van der Waals surface area (Å²) in [5.41, 5.74) is -1.73. The fraction of sp³-hybridized carbons (Fsp3) is 0.286. The van der Waals surface area contributed by atoms with E-state index in [-0.39, 0.29) is 5.69 Å². The molecule has 0 amide bonds. The Balaban J connectivity index is 3.09.